The highest BCUT2D eigenvalue weighted by Gasteiger charge is 2.30. The first-order chi connectivity index (χ1) is 13.8. The third-order valence-electron chi connectivity index (χ3n) is 4.90. The number of nitrogens with zero attached hydrogens (tertiary/aromatic N) is 2. The zero-order chi connectivity index (χ0) is 18.9. The molecular weight excluding hydrogens is 350 g/mol. The van der Waals surface area contributed by atoms with Gasteiger partial charge in [-0.1, -0.05) is 60.7 Å². The van der Waals surface area contributed by atoms with E-state index in [1.807, 2.05) is 48.7 Å². The second kappa shape index (κ2) is 6.74. The average molecular weight is 369 g/mol. The van der Waals surface area contributed by atoms with Crippen LogP contribution in [0.3, 0.4) is 0 Å². The molecule has 0 fully saturated rings. The van der Waals surface area contributed by atoms with Crippen LogP contribution in [-0.4, -0.2) is 18.3 Å². The monoisotopic (exact) mass is 369 g/mol. The maximum atomic E-state index is 6.14. The molecule has 0 aromatic heterocycles. The van der Waals surface area contributed by atoms with Crippen molar-refractivity contribution in [3.8, 4) is 0 Å². The van der Waals surface area contributed by atoms with Gasteiger partial charge >= 0.3 is 0 Å². The van der Waals surface area contributed by atoms with Crippen LogP contribution in [0.25, 0.3) is 10.8 Å². The number of hydrogen-bond donors (Lipinski definition) is 3. The topological polar surface area (TPSA) is 84.0 Å². The number of rotatable bonds is 3. The van der Waals surface area contributed by atoms with Gasteiger partial charge in [0.2, 0.25) is 12.1 Å². The molecule has 0 radical (unpaired) electrons. The average Bonchev–Trinajstić information content (AvgIpc) is 3.24. The lowest BCUT2D eigenvalue weighted by atomic mass is 9.98. The summed E-state index contributed by atoms with van der Waals surface area (Å²) >= 11 is 0. The highest BCUT2D eigenvalue weighted by atomic mass is 16.5. The molecule has 3 aromatic carbocycles. The molecule has 0 spiro atoms. The summed E-state index contributed by atoms with van der Waals surface area (Å²) in [4.78, 5) is 4.42. The maximum Gasteiger partial charge on any atom is 0.240 e. The molecule has 2 aliphatic rings. The molecule has 2 aliphatic heterocycles. The second-order valence-corrected chi connectivity index (χ2v) is 6.68. The third-order valence-corrected chi connectivity index (χ3v) is 4.90. The number of ether oxygens (including phenoxy) is 1. The fourth-order valence-electron chi connectivity index (χ4n) is 3.51. The Morgan fingerprint density at radius 1 is 0.893 bits per heavy atom. The van der Waals surface area contributed by atoms with Gasteiger partial charge in [0.25, 0.3) is 0 Å². The van der Waals surface area contributed by atoms with Gasteiger partial charge in [0.15, 0.2) is 0 Å². The lowest BCUT2D eigenvalue weighted by molar-refractivity contribution is 0.212. The predicted octanol–water partition coefficient (Wildman–Crippen LogP) is 2.99. The molecule has 28 heavy (non-hydrogen) atoms. The van der Waals surface area contributed by atoms with Crippen molar-refractivity contribution in [2.75, 3.05) is 0 Å². The third kappa shape index (κ3) is 2.85. The van der Waals surface area contributed by atoms with Gasteiger partial charge in [0.05, 0.1) is 6.04 Å². The van der Waals surface area contributed by atoms with E-state index >= 15 is 0 Å². The van der Waals surface area contributed by atoms with Gasteiger partial charge in [-0.25, -0.2) is 4.99 Å². The Labute approximate surface area is 162 Å². The number of fused-ring (bicyclic) bond motifs is 1. The molecule has 0 aliphatic carbocycles. The number of aliphatic imine (C=N–C) groups is 1. The molecule has 4 N–H and O–H groups in total. The Kier molecular flexibility index (Phi) is 3.94. The SMILES string of the molecule is NC1=C(C2NN=C(c3ccccc3)O2)NC(c2cccc3ccccc23)C=N1. The normalized spacial score (nSPS) is 21.1. The van der Waals surface area contributed by atoms with E-state index in [1.165, 1.54) is 10.8 Å². The van der Waals surface area contributed by atoms with E-state index in [-0.39, 0.29) is 6.04 Å². The lowest BCUT2D eigenvalue weighted by Crippen LogP contribution is -2.39. The molecule has 0 amide bonds. The van der Waals surface area contributed by atoms with Gasteiger partial charge in [0.1, 0.15) is 11.5 Å². The van der Waals surface area contributed by atoms with Crippen LogP contribution < -0.4 is 16.5 Å². The minimum atomic E-state index is -0.509. The van der Waals surface area contributed by atoms with Gasteiger partial charge in [-0.2, -0.15) is 0 Å². The summed E-state index contributed by atoms with van der Waals surface area (Å²) in [5.41, 5.74) is 11.9. The van der Waals surface area contributed by atoms with Crippen molar-refractivity contribution >= 4 is 22.9 Å². The number of hydrogen-bond acceptors (Lipinski definition) is 6. The molecule has 6 nitrogen and oxygen atoms in total. The minimum Gasteiger partial charge on any atom is -0.445 e. The van der Waals surface area contributed by atoms with Gasteiger partial charge in [0, 0.05) is 11.8 Å². The number of hydrazone groups is 1. The van der Waals surface area contributed by atoms with Crippen LogP contribution in [0.2, 0.25) is 0 Å². The first-order valence-corrected chi connectivity index (χ1v) is 9.13. The van der Waals surface area contributed by atoms with Crippen molar-refractivity contribution in [2.45, 2.75) is 12.3 Å². The molecule has 0 saturated carbocycles. The second-order valence-electron chi connectivity index (χ2n) is 6.68. The molecule has 0 bridgehead atoms. The number of nitrogens with two attached hydrogens (primary N) is 1. The fraction of sp³-hybridized carbons (Fsp3) is 0.0909. The van der Waals surface area contributed by atoms with E-state index in [0.29, 0.717) is 17.4 Å². The van der Waals surface area contributed by atoms with Gasteiger partial charge in [-0.15, -0.1) is 5.10 Å². The van der Waals surface area contributed by atoms with Crippen LogP contribution >= 0.6 is 0 Å². The van der Waals surface area contributed by atoms with E-state index in [0.717, 1.165) is 11.1 Å². The highest BCUT2D eigenvalue weighted by molar-refractivity contribution is 5.95. The summed E-state index contributed by atoms with van der Waals surface area (Å²) in [5.74, 6) is 0.919. The van der Waals surface area contributed by atoms with Gasteiger partial charge < -0.3 is 15.8 Å². The molecule has 138 valence electrons. The zero-order valence-corrected chi connectivity index (χ0v) is 15.0. The van der Waals surface area contributed by atoms with Crippen molar-refractivity contribution in [2.24, 2.45) is 15.8 Å². The summed E-state index contributed by atoms with van der Waals surface area (Å²) in [6.45, 7) is 0. The molecular formula is C22H19N5O. The predicted molar refractivity (Wildman–Crippen MR) is 111 cm³/mol. The smallest absolute Gasteiger partial charge is 0.240 e. The Hall–Kier alpha value is -3.80. The number of nitrogens with one attached hydrogen (secondary N) is 2. The van der Waals surface area contributed by atoms with E-state index in [1.54, 1.807) is 0 Å². The largest absolute Gasteiger partial charge is 0.445 e. The van der Waals surface area contributed by atoms with Crippen LogP contribution in [-0.2, 0) is 4.74 Å². The summed E-state index contributed by atoms with van der Waals surface area (Å²) in [7, 11) is 0. The molecule has 0 saturated heterocycles. The van der Waals surface area contributed by atoms with E-state index in [4.69, 9.17) is 10.5 Å². The van der Waals surface area contributed by atoms with Gasteiger partial charge in [-0.05, 0) is 28.5 Å². The molecule has 5 rings (SSSR count). The first-order valence-electron chi connectivity index (χ1n) is 9.13. The summed E-state index contributed by atoms with van der Waals surface area (Å²) in [6, 6.07) is 24.2. The summed E-state index contributed by atoms with van der Waals surface area (Å²) < 4.78 is 5.99. The minimum absolute atomic E-state index is 0.112. The van der Waals surface area contributed by atoms with Crippen molar-refractivity contribution < 1.29 is 4.74 Å². The van der Waals surface area contributed by atoms with E-state index in [2.05, 4.69) is 51.2 Å². The van der Waals surface area contributed by atoms with Crippen LogP contribution in [0.15, 0.2) is 94.4 Å². The first kappa shape index (κ1) is 16.4. The Morgan fingerprint density at radius 3 is 2.57 bits per heavy atom. The lowest BCUT2D eigenvalue weighted by Gasteiger charge is -2.26. The zero-order valence-electron chi connectivity index (χ0n) is 15.0. The van der Waals surface area contributed by atoms with Crippen LogP contribution in [0, 0.1) is 0 Å². The van der Waals surface area contributed by atoms with Crippen molar-refractivity contribution in [3.63, 3.8) is 0 Å². The highest BCUT2D eigenvalue weighted by Crippen LogP contribution is 2.27. The molecule has 2 atom stereocenters. The maximum absolute atomic E-state index is 6.14. The standard InChI is InChI=1S/C22H19N5O/c23-20-19(22-27-26-21(28-22)15-8-2-1-3-9-15)25-18(13-24-20)17-12-6-10-14-7-4-5-11-16(14)17/h1-13,18,22,25,27H,23H2. The molecule has 3 aromatic rings. The molecule has 2 heterocycles. The van der Waals surface area contributed by atoms with Crippen LogP contribution in [0.1, 0.15) is 17.2 Å². The molecule has 6 heteroatoms. The Balaban J connectivity index is 1.40. The van der Waals surface area contributed by atoms with E-state index < -0.39 is 6.23 Å². The fourth-order valence-corrected chi connectivity index (χ4v) is 3.51. The summed E-state index contributed by atoms with van der Waals surface area (Å²) in [6.07, 6.45) is 1.32. The Morgan fingerprint density at radius 2 is 1.68 bits per heavy atom. The quantitative estimate of drug-likeness (QED) is 0.663. The van der Waals surface area contributed by atoms with Crippen molar-refractivity contribution in [3.05, 3.63) is 95.4 Å². The van der Waals surface area contributed by atoms with Crippen LogP contribution in [0.4, 0.5) is 0 Å². The van der Waals surface area contributed by atoms with Crippen molar-refractivity contribution in [1.82, 2.24) is 10.7 Å². The summed E-state index contributed by atoms with van der Waals surface area (Å²) in [5, 5.41) is 10.1. The van der Waals surface area contributed by atoms with Gasteiger partial charge in [-0.3, -0.25) is 5.43 Å². The molecule has 2 unspecified atom stereocenters. The number of benzene rings is 3. The van der Waals surface area contributed by atoms with E-state index in [9.17, 15) is 0 Å². The van der Waals surface area contributed by atoms with Crippen molar-refractivity contribution in [1.29, 1.82) is 0 Å². The Bertz CT molecular complexity index is 1110. The van der Waals surface area contributed by atoms with Crippen LogP contribution in [0.5, 0.6) is 0 Å².